The van der Waals surface area contributed by atoms with Gasteiger partial charge in [-0.3, -0.25) is 0 Å². The van der Waals surface area contributed by atoms with Crippen molar-refractivity contribution >= 4 is 11.4 Å². The number of benzene rings is 2. The van der Waals surface area contributed by atoms with Gasteiger partial charge in [0.1, 0.15) is 5.82 Å². The van der Waals surface area contributed by atoms with E-state index in [0.717, 1.165) is 25.1 Å². The van der Waals surface area contributed by atoms with Gasteiger partial charge in [-0.1, -0.05) is 37.6 Å². The van der Waals surface area contributed by atoms with E-state index in [2.05, 4.69) is 11.8 Å². The SMILES string of the molecule is CCCCN(Cc1c(N)cccc1F)c1ccccc1. The molecule has 0 bridgehead atoms. The van der Waals surface area contributed by atoms with Crippen molar-refractivity contribution in [3.8, 4) is 0 Å². The molecule has 0 unspecified atom stereocenters. The molecule has 0 heterocycles. The molecule has 0 radical (unpaired) electrons. The van der Waals surface area contributed by atoms with E-state index >= 15 is 0 Å². The highest BCUT2D eigenvalue weighted by atomic mass is 19.1. The molecule has 0 saturated heterocycles. The molecule has 0 spiro atoms. The molecular weight excluding hydrogens is 251 g/mol. The van der Waals surface area contributed by atoms with Gasteiger partial charge < -0.3 is 10.6 Å². The quantitative estimate of drug-likeness (QED) is 0.798. The minimum Gasteiger partial charge on any atom is -0.398 e. The van der Waals surface area contributed by atoms with Crippen LogP contribution in [-0.2, 0) is 6.54 Å². The van der Waals surface area contributed by atoms with Gasteiger partial charge in [0.05, 0.1) is 0 Å². The van der Waals surface area contributed by atoms with E-state index in [1.54, 1.807) is 12.1 Å². The van der Waals surface area contributed by atoms with Gasteiger partial charge >= 0.3 is 0 Å². The number of para-hydroxylation sites is 1. The summed E-state index contributed by atoms with van der Waals surface area (Å²) in [5, 5.41) is 0. The van der Waals surface area contributed by atoms with E-state index in [-0.39, 0.29) is 5.82 Å². The summed E-state index contributed by atoms with van der Waals surface area (Å²) in [5.74, 6) is -0.234. The Balaban J connectivity index is 2.24. The van der Waals surface area contributed by atoms with Crippen molar-refractivity contribution in [2.75, 3.05) is 17.2 Å². The van der Waals surface area contributed by atoms with Crippen molar-refractivity contribution in [2.45, 2.75) is 26.3 Å². The second-order valence-electron chi connectivity index (χ2n) is 4.92. The number of rotatable bonds is 6. The zero-order valence-corrected chi connectivity index (χ0v) is 11.8. The second kappa shape index (κ2) is 6.94. The van der Waals surface area contributed by atoms with Gasteiger partial charge in [-0.25, -0.2) is 4.39 Å². The Morgan fingerprint density at radius 1 is 1.05 bits per heavy atom. The Morgan fingerprint density at radius 2 is 1.80 bits per heavy atom. The summed E-state index contributed by atoms with van der Waals surface area (Å²) in [6.45, 7) is 3.55. The fourth-order valence-electron chi connectivity index (χ4n) is 2.22. The van der Waals surface area contributed by atoms with Gasteiger partial charge in [-0.15, -0.1) is 0 Å². The highest BCUT2D eigenvalue weighted by molar-refractivity contribution is 5.52. The van der Waals surface area contributed by atoms with Gasteiger partial charge in [0, 0.05) is 30.0 Å². The lowest BCUT2D eigenvalue weighted by Crippen LogP contribution is -2.25. The first kappa shape index (κ1) is 14.4. The minimum absolute atomic E-state index is 0.234. The molecule has 20 heavy (non-hydrogen) atoms. The van der Waals surface area contributed by atoms with Crippen LogP contribution >= 0.6 is 0 Å². The summed E-state index contributed by atoms with van der Waals surface area (Å²) >= 11 is 0. The van der Waals surface area contributed by atoms with Crippen molar-refractivity contribution in [1.29, 1.82) is 0 Å². The maximum atomic E-state index is 13.9. The zero-order chi connectivity index (χ0) is 14.4. The molecule has 0 amide bonds. The van der Waals surface area contributed by atoms with Crippen LogP contribution < -0.4 is 10.6 Å². The van der Waals surface area contributed by atoms with E-state index in [0.29, 0.717) is 17.8 Å². The lowest BCUT2D eigenvalue weighted by atomic mass is 10.1. The molecule has 0 saturated carbocycles. The van der Waals surface area contributed by atoms with E-state index in [9.17, 15) is 4.39 Å². The molecule has 3 heteroatoms. The van der Waals surface area contributed by atoms with Crippen LogP contribution in [0.3, 0.4) is 0 Å². The average molecular weight is 272 g/mol. The standard InChI is InChI=1S/C17H21FN2/c1-2-3-12-20(14-8-5-4-6-9-14)13-15-16(18)10-7-11-17(15)19/h4-11H,2-3,12-13,19H2,1H3. The predicted molar refractivity (Wildman–Crippen MR) is 83.2 cm³/mol. The van der Waals surface area contributed by atoms with Crippen molar-refractivity contribution in [2.24, 2.45) is 0 Å². The topological polar surface area (TPSA) is 29.3 Å². The molecular formula is C17H21FN2. The number of nitrogen functional groups attached to an aromatic ring is 1. The number of hydrogen-bond acceptors (Lipinski definition) is 2. The molecule has 2 aromatic rings. The molecule has 2 nitrogen and oxygen atoms in total. The third-order valence-corrected chi connectivity index (χ3v) is 3.41. The molecule has 0 aliphatic carbocycles. The number of unbranched alkanes of at least 4 members (excludes halogenated alkanes) is 1. The summed E-state index contributed by atoms with van der Waals surface area (Å²) < 4.78 is 13.9. The van der Waals surface area contributed by atoms with E-state index in [1.165, 1.54) is 6.07 Å². The summed E-state index contributed by atoms with van der Waals surface area (Å²) in [6, 6.07) is 14.9. The van der Waals surface area contributed by atoms with Crippen LogP contribution in [0, 0.1) is 5.82 Å². The van der Waals surface area contributed by atoms with Crippen LogP contribution in [0.4, 0.5) is 15.8 Å². The molecule has 0 aromatic heterocycles. The van der Waals surface area contributed by atoms with Crippen molar-refractivity contribution in [1.82, 2.24) is 0 Å². The van der Waals surface area contributed by atoms with Crippen LogP contribution in [0.25, 0.3) is 0 Å². The maximum absolute atomic E-state index is 13.9. The van der Waals surface area contributed by atoms with Gasteiger partial charge in [-0.2, -0.15) is 0 Å². The monoisotopic (exact) mass is 272 g/mol. The Kier molecular flexibility index (Phi) is 4.99. The fraction of sp³-hybridized carbons (Fsp3) is 0.294. The second-order valence-corrected chi connectivity index (χ2v) is 4.92. The normalized spacial score (nSPS) is 10.5. The largest absolute Gasteiger partial charge is 0.398 e. The molecule has 2 rings (SSSR count). The minimum atomic E-state index is -0.234. The van der Waals surface area contributed by atoms with Crippen LogP contribution in [0.2, 0.25) is 0 Å². The summed E-state index contributed by atoms with van der Waals surface area (Å²) in [5.41, 5.74) is 8.10. The first-order valence-electron chi connectivity index (χ1n) is 7.05. The first-order chi connectivity index (χ1) is 9.72. The van der Waals surface area contributed by atoms with E-state index < -0.39 is 0 Å². The number of anilines is 2. The maximum Gasteiger partial charge on any atom is 0.130 e. The third kappa shape index (κ3) is 3.50. The van der Waals surface area contributed by atoms with Gasteiger partial charge in [0.2, 0.25) is 0 Å². The van der Waals surface area contributed by atoms with Crippen LogP contribution in [0.5, 0.6) is 0 Å². The van der Waals surface area contributed by atoms with E-state index in [4.69, 9.17) is 5.73 Å². The molecule has 0 fully saturated rings. The molecule has 106 valence electrons. The number of hydrogen-bond donors (Lipinski definition) is 1. The Morgan fingerprint density at radius 3 is 2.45 bits per heavy atom. The highest BCUT2D eigenvalue weighted by Crippen LogP contribution is 2.22. The van der Waals surface area contributed by atoms with E-state index in [1.807, 2.05) is 30.3 Å². The summed E-state index contributed by atoms with van der Waals surface area (Å²) in [4.78, 5) is 2.18. The first-order valence-corrected chi connectivity index (χ1v) is 7.05. The lowest BCUT2D eigenvalue weighted by molar-refractivity contribution is 0.602. The number of nitrogens with two attached hydrogens (primary N) is 1. The third-order valence-electron chi connectivity index (χ3n) is 3.41. The molecule has 2 N–H and O–H groups in total. The zero-order valence-electron chi connectivity index (χ0n) is 11.8. The van der Waals surface area contributed by atoms with Gasteiger partial charge in [0.15, 0.2) is 0 Å². The average Bonchev–Trinajstić information content (AvgIpc) is 2.47. The molecule has 0 atom stereocenters. The van der Waals surface area contributed by atoms with Crippen LogP contribution in [-0.4, -0.2) is 6.54 Å². The van der Waals surface area contributed by atoms with Crippen LogP contribution in [0.1, 0.15) is 25.3 Å². The summed E-state index contributed by atoms with van der Waals surface area (Å²) in [6.07, 6.45) is 2.18. The molecule has 0 aliphatic heterocycles. The van der Waals surface area contributed by atoms with Crippen molar-refractivity contribution in [3.63, 3.8) is 0 Å². The number of halogens is 1. The molecule has 0 aliphatic rings. The molecule has 2 aromatic carbocycles. The van der Waals surface area contributed by atoms with Crippen molar-refractivity contribution in [3.05, 3.63) is 59.9 Å². The Bertz CT molecular complexity index is 520. The van der Waals surface area contributed by atoms with Crippen LogP contribution in [0.15, 0.2) is 48.5 Å². The Labute approximate surface area is 120 Å². The summed E-state index contributed by atoms with van der Waals surface area (Å²) in [7, 11) is 0. The van der Waals surface area contributed by atoms with Gasteiger partial charge in [0.25, 0.3) is 0 Å². The Hall–Kier alpha value is -2.03. The number of nitrogens with zero attached hydrogens (tertiary/aromatic N) is 1. The lowest BCUT2D eigenvalue weighted by Gasteiger charge is -2.25. The van der Waals surface area contributed by atoms with Gasteiger partial charge in [-0.05, 0) is 30.7 Å². The smallest absolute Gasteiger partial charge is 0.130 e. The fourth-order valence-corrected chi connectivity index (χ4v) is 2.22. The predicted octanol–water partition coefficient (Wildman–Crippen LogP) is 4.21. The van der Waals surface area contributed by atoms with Crippen molar-refractivity contribution < 1.29 is 4.39 Å². The highest BCUT2D eigenvalue weighted by Gasteiger charge is 2.12.